The Balaban J connectivity index is 1.47. The van der Waals surface area contributed by atoms with Crippen LogP contribution in [0.15, 0.2) is 60.7 Å². The molecule has 25 heavy (non-hydrogen) atoms. The van der Waals surface area contributed by atoms with E-state index in [1.54, 1.807) is 0 Å². The van der Waals surface area contributed by atoms with Crippen molar-refractivity contribution in [1.29, 1.82) is 0 Å². The Kier molecular flexibility index (Phi) is 6.42. The lowest BCUT2D eigenvalue weighted by Gasteiger charge is -2.31. The maximum Gasteiger partial charge on any atom is 0.409 e. The predicted molar refractivity (Wildman–Crippen MR) is 93.8 cm³/mol. The molecule has 1 aliphatic rings. The molecule has 5 heteroatoms. The predicted octanol–water partition coefficient (Wildman–Crippen LogP) is 3.63. The van der Waals surface area contributed by atoms with Gasteiger partial charge in [-0.1, -0.05) is 60.7 Å². The van der Waals surface area contributed by atoms with Gasteiger partial charge in [-0.2, -0.15) is 0 Å². The van der Waals surface area contributed by atoms with Gasteiger partial charge < -0.3 is 14.2 Å². The Hall–Kier alpha value is -2.37. The van der Waals surface area contributed by atoms with Crippen LogP contribution in [0.3, 0.4) is 0 Å². The van der Waals surface area contributed by atoms with E-state index in [9.17, 15) is 4.79 Å². The first-order chi connectivity index (χ1) is 12.3. The minimum Gasteiger partial charge on any atom is -0.445 e. The molecule has 0 radical (unpaired) electrons. The number of ether oxygens (including phenoxy) is 3. The first-order valence-electron chi connectivity index (χ1n) is 8.55. The highest BCUT2D eigenvalue weighted by Crippen LogP contribution is 2.17. The van der Waals surface area contributed by atoms with Gasteiger partial charge in [0.2, 0.25) is 0 Å². The summed E-state index contributed by atoms with van der Waals surface area (Å²) in [5, 5.41) is 2.77. The summed E-state index contributed by atoms with van der Waals surface area (Å²) in [6.07, 6.45) is 0.593. The third kappa shape index (κ3) is 5.59. The van der Waals surface area contributed by atoms with Crippen molar-refractivity contribution in [1.82, 2.24) is 5.32 Å². The maximum atomic E-state index is 12.0. The van der Waals surface area contributed by atoms with Crippen molar-refractivity contribution in [3.8, 4) is 0 Å². The molecule has 132 valence electrons. The molecule has 2 aromatic carbocycles. The second kappa shape index (κ2) is 9.20. The third-order valence-electron chi connectivity index (χ3n) is 4.05. The quantitative estimate of drug-likeness (QED) is 0.872. The summed E-state index contributed by atoms with van der Waals surface area (Å²) >= 11 is 0. The van der Waals surface area contributed by atoms with Crippen molar-refractivity contribution < 1.29 is 19.0 Å². The second-order valence-corrected chi connectivity index (χ2v) is 5.97. The molecule has 2 atom stereocenters. The Morgan fingerprint density at radius 2 is 1.64 bits per heavy atom. The molecule has 5 nitrogen and oxygen atoms in total. The first kappa shape index (κ1) is 17.5. The zero-order valence-corrected chi connectivity index (χ0v) is 14.1. The van der Waals surface area contributed by atoms with Crippen LogP contribution in [0.1, 0.15) is 24.0 Å². The summed E-state index contributed by atoms with van der Waals surface area (Å²) < 4.78 is 16.9. The smallest absolute Gasteiger partial charge is 0.409 e. The zero-order valence-electron chi connectivity index (χ0n) is 14.1. The Labute approximate surface area is 147 Å². The van der Waals surface area contributed by atoms with Gasteiger partial charge in [0.05, 0.1) is 6.61 Å². The van der Waals surface area contributed by atoms with E-state index in [0.29, 0.717) is 13.2 Å². The highest BCUT2D eigenvalue weighted by Gasteiger charge is 2.28. The van der Waals surface area contributed by atoms with Gasteiger partial charge in [-0.15, -0.1) is 0 Å². The van der Waals surface area contributed by atoms with Crippen LogP contribution in [0.25, 0.3) is 0 Å². The number of nitrogens with one attached hydrogen (secondary N) is 1. The number of hydrogen-bond donors (Lipinski definition) is 1. The highest BCUT2D eigenvalue weighted by atomic mass is 16.6. The van der Waals surface area contributed by atoms with Gasteiger partial charge in [0.25, 0.3) is 0 Å². The van der Waals surface area contributed by atoms with E-state index in [2.05, 4.69) is 5.32 Å². The molecule has 2 aromatic rings. The molecular weight excluding hydrogens is 318 g/mol. The molecule has 1 amide bonds. The molecule has 0 spiro atoms. The van der Waals surface area contributed by atoms with Crippen LogP contribution in [0.4, 0.5) is 4.79 Å². The van der Waals surface area contributed by atoms with Gasteiger partial charge >= 0.3 is 6.09 Å². The fourth-order valence-electron chi connectivity index (χ4n) is 2.72. The molecule has 3 rings (SSSR count). The van der Waals surface area contributed by atoms with E-state index in [0.717, 1.165) is 24.0 Å². The van der Waals surface area contributed by atoms with Crippen LogP contribution < -0.4 is 5.32 Å². The van der Waals surface area contributed by atoms with Crippen molar-refractivity contribution in [2.45, 2.75) is 38.4 Å². The zero-order chi connectivity index (χ0) is 17.3. The van der Waals surface area contributed by atoms with Gasteiger partial charge in [-0.25, -0.2) is 4.79 Å². The lowest BCUT2D eigenvalue weighted by molar-refractivity contribution is -0.121. The van der Waals surface area contributed by atoms with Gasteiger partial charge in [-0.3, -0.25) is 5.32 Å². The van der Waals surface area contributed by atoms with Crippen LogP contribution in [-0.2, 0) is 27.4 Å². The number of amides is 1. The first-order valence-corrected chi connectivity index (χ1v) is 8.55. The molecule has 0 bridgehead atoms. The molecule has 1 saturated heterocycles. The van der Waals surface area contributed by atoms with Gasteiger partial charge in [0, 0.05) is 6.61 Å². The summed E-state index contributed by atoms with van der Waals surface area (Å²) in [5.74, 6) is 0. The van der Waals surface area contributed by atoms with Crippen LogP contribution in [0.5, 0.6) is 0 Å². The lowest BCUT2D eigenvalue weighted by atomic mass is 10.1. The summed E-state index contributed by atoms with van der Waals surface area (Å²) in [6.45, 7) is 1.33. The molecule has 0 aliphatic carbocycles. The van der Waals surface area contributed by atoms with Crippen LogP contribution in [-0.4, -0.2) is 25.0 Å². The van der Waals surface area contributed by atoms with Crippen LogP contribution in [0, 0.1) is 0 Å². The van der Waals surface area contributed by atoms with Gasteiger partial charge in [0.15, 0.2) is 6.23 Å². The molecule has 1 N–H and O–H groups in total. The van der Waals surface area contributed by atoms with Crippen molar-refractivity contribution >= 4 is 6.09 Å². The van der Waals surface area contributed by atoms with Crippen molar-refractivity contribution in [2.24, 2.45) is 0 Å². The molecule has 0 unspecified atom stereocenters. The number of benzene rings is 2. The SMILES string of the molecule is O=C(N[C@H]1OCCC[C@H]1OCc1ccccc1)OCc1ccccc1. The van der Waals surface area contributed by atoms with Crippen LogP contribution >= 0.6 is 0 Å². The largest absolute Gasteiger partial charge is 0.445 e. The number of carbonyl (C=O) groups excluding carboxylic acids is 1. The van der Waals surface area contributed by atoms with Crippen molar-refractivity contribution in [3.63, 3.8) is 0 Å². The fraction of sp³-hybridized carbons (Fsp3) is 0.350. The average molecular weight is 341 g/mol. The summed E-state index contributed by atoms with van der Waals surface area (Å²) in [5.41, 5.74) is 2.04. The van der Waals surface area contributed by atoms with E-state index in [-0.39, 0.29) is 12.7 Å². The van der Waals surface area contributed by atoms with Crippen LogP contribution in [0.2, 0.25) is 0 Å². The monoisotopic (exact) mass is 341 g/mol. The maximum absolute atomic E-state index is 12.0. The number of alkyl carbamates (subject to hydrolysis) is 1. The summed E-state index contributed by atoms with van der Waals surface area (Å²) in [6, 6.07) is 19.5. The van der Waals surface area contributed by atoms with Crippen molar-refractivity contribution in [3.05, 3.63) is 71.8 Å². The van der Waals surface area contributed by atoms with E-state index in [1.165, 1.54) is 0 Å². The summed E-state index contributed by atoms with van der Waals surface area (Å²) in [7, 11) is 0. The standard InChI is InChI=1S/C20H23NO4/c22-20(25-15-17-10-5-2-6-11-17)21-19-18(12-7-13-23-19)24-14-16-8-3-1-4-9-16/h1-6,8-11,18-19H,7,12-15H2,(H,21,22)/t18-,19+/m1/s1. The van der Waals surface area contributed by atoms with E-state index >= 15 is 0 Å². The number of carbonyl (C=O) groups is 1. The van der Waals surface area contributed by atoms with Crippen molar-refractivity contribution in [2.75, 3.05) is 6.61 Å². The minimum absolute atomic E-state index is 0.182. The lowest BCUT2D eigenvalue weighted by Crippen LogP contribution is -2.49. The molecular formula is C20H23NO4. The van der Waals surface area contributed by atoms with E-state index in [1.807, 2.05) is 60.7 Å². The Morgan fingerprint density at radius 1 is 1.00 bits per heavy atom. The number of hydrogen-bond acceptors (Lipinski definition) is 4. The molecule has 0 aromatic heterocycles. The molecule has 0 saturated carbocycles. The van der Waals surface area contributed by atoms with Gasteiger partial charge in [0.1, 0.15) is 12.7 Å². The molecule has 1 heterocycles. The minimum atomic E-state index is -0.496. The van der Waals surface area contributed by atoms with E-state index in [4.69, 9.17) is 14.2 Å². The molecule has 1 fully saturated rings. The fourth-order valence-corrected chi connectivity index (χ4v) is 2.72. The second-order valence-electron chi connectivity index (χ2n) is 5.97. The normalized spacial score (nSPS) is 20.0. The topological polar surface area (TPSA) is 56.8 Å². The number of rotatable bonds is 6. The average Bonchev–Trinajstić information content (AvgIpc) is 2.67. The van der Waals surface area contributed by atoms with Gasteiger partial charge in [-0.05, 0) is 24.0 Å². The highest BCUT2D eigenvalue weighted by molar-refractivity contribution is 5.67. The summed E-state index contributed by atoms with van der Waals surface area (Å²) in [4.78, 5) is 12.0. The molecule has 1 aliphatic heterocycles. The Morgan fingerprint density at radius 3 is 2.32 bits per heavy atom. The third-order valence-corrected chi connectivity index (χ3v) is 4.05. The van der Waals surface area contributed by atoms with E-state index < -0.39 is 12.3 Å². The Bertz CT molecular complexity index is 647.